The van der Waals surface area contributed by atoms with E-state index in [9.17, 15) is 13.2 Å². The van der Waals surface area contributed by atoms with E-state index < -0.39 is 21.5 Å². The van der Waals surface area contributed by atoms with E-state index in [-0.39, 0.29) is 4.90 Å². The van der Waals surface area contributed by atoms with Gasteiger partial charge in [-0.2, -0.15) is 4.72 Å². The smallest absolute Gasteiger partial charge is 0.326 e. The molecule has 1 aromatic carbocycles. The lowest BCUT2D eigenvalue weighted by molar-refractivity contribution is -0.147. The molecule has 1 rings (SSSR count). The fourth-order valence-electron chi connectivity index (χ4n) is 1.89. The molecule has 0 fully saturated rings. The summed E-state index contributed by atoms with van der Waals surface area (Å²) in [5.41, 5.74) is -1.26. The number of esters is 1. The zero-order chi connectivity index (χ0) is 15.4. The Labute approximate surface area is 133 Å². The highest BCUT2D eigenvalue weighted by atomic mass is 127. The van der Waals surface area contributed by atoms with Crippen LogP contribution in [-0.2, 0) is 19.6 Å². The first kappa shape index (κ1) is 17.4. The summed E-state index contributed by atoms with van der Waals surface area (Å²) in [6.07, 6.45) is 1.02. The maximum atomic E-state index is 12.3. The molecule has 0 spiro atoms. The topological polar surface area (TPSA) is 72.5 Å². The molecule has 5 nitrogen and oxygen atoms in total. The second-order valence-corrected chi connectivity index (χ2v) is 7.56. The van der Waals surface area contributed by atoms with Crippen LogP contribution in [0.3, 0.4) is 0 Å². The lowest BCUT2D eigenvalue weighted by Crippen LogP contribution is -2.52. The second kappa shape index (κ2) is 6.86. The molecule has 20 heavy (non-hydrogen) atoms. The lowest BCUT2D eigenvalue weighted by atomic mass is 9.98. The zero-order valence-electron chi connectivity index (χ0n) is 11.6. The van der Waals surface area contributed by atoms with Crippen molar-refractivity contribution in [1.29, 1.82) is 0 Å². The molecule has 1 atom stereocenters. The third-order valence-electron chi connectivity index (χ3n) is 2.87. The van der Waals surface area contributed by atoms with Gasteiger partial charge >= 0.3 is 5.97 Å². The molecule has 0 heterocycles. The average Bonchev–Trinajstić information content (AvgIpc) is 2.37. The fourth-order valence-corrected chi connectivity index (χ4v) is 3.64. The number of benzene rings is 1. The molecular weight excluding hydrogens is 393 g/mol. The maximum Gasteiger partial charge on any atom is 0.326 e. The summed E-state index contributed by atoms with van der Waals surface area (Å²) in [5, 5.41) is 0. The van der Waals surface area contributed by atoms with Gasteiger partial charge in [0.05, 0.1) is 12.0 Å². The van der Waals surface area contributed by atoms with Gasteiger partial charge in [0.25, 0.3) is 0 Å². The Morgan fingerprint density at radius 3 is 2.35 bits per heavy atom. The van der Waals surface area contributed by atoms with Crippen molar-refractivity contribution < 1.29 is 17.9 Å². The number of nitrogens with one attached hydrogen (secondary N) is 1. The van der Waals surface area contributed by atoms with Crippen molar-refractivity contribution in [2.75, 3.05) is 7.11 Å². The molecular formula is C13H18INO4S. The maximum absolute atomic E-state index is 12.3. The van der Waals surface area contributed by atoms with Gasteiger partial charge in [0.15, 0.2) is 0 Å². The van der Waals surface area contributed by atoms with Crippen molar-refractivity contribution in [1.82, 2.24) is 4.72 Å². The molecule has 0 saturated carbocycles. The van der Waals surface area contributed by atoms with E-state index in [2.05, 4.69) is 27.3 Å². The SMILES string of the molecule is CCCC(C)(NS(=O)(=O)c1ccc(I)cc1)C(=O)OC. The minimum atomic E-state index is -3.77. The van der Waals surface area contributed by atoms with E-state index in [1.807, 2.05) is 6.92 Å². The number of carbonyl (C=O) groups excluding carboxylic acids is 1. The number of hydrogen-bond donors (Lipinski definition) is 1. The highest BCUT2D eigenvalue weighted by molar-refractivity contribution is 14.1. The monoisotopic (exact) mass is 411 g/mol. The van der Waals surface area contributed by atoms with Gasteiger partial charge < -0.3 is 4.74 Å². The van der Waals surface area contributed by atoms with Crippen LogP contribution in [0.2, 0.25) is 0 Å². The highest BCUT2D eigenvalue weighted by Crippen LogP contribution is 2.20. The average molecular weight is 411 g/mol. The van der Waals surface area contributed by atoms with Crippen molar-refractivity contribution in [3.8, 4) is 0 Å². The summed E-state index contributed by atoms with van der Waals surface area (Å²) >= 11 is 2.09. The van der Waals surface area contributed by atoms with Crippen LogP contribution in [0.15, 0.2) is 29.2 Å². The Balaban J connectivity index is 3.09. The van der Waals surface area contributed by atoms with Gasteiger partial charge in [-0.3, -0.25) is 4.79 Å². The first-order chi connectivity index (χ1) is 9.25. The molecule has 1 aromatic rings. The third kappa shape index (κ3) is 4.16. The Bertz CT molecular complexity index is 571. The Hall–Kier alpha value is -0.670. The van der Waals surface area contributed by atoms with Crippen molar-refractivity contribution in [2.45, 2.75) is 37.1 Å². The normalized spacial score (nSPS) is 14.6. The van der Waals surface area contributed by atoms with E-state index in [1.165, 1.54) is 26.2 Å². The number of methoxy groups -OCH3 is 1. The van der Waals surface area contributed by atoms with Gasteiger partial charge in [0.2, 0.25) is 10.0 Å². The van der Waals surface area contributed by atoms with Gasteiger partial charge in [-0.25, -0.2) is 8.42 Å². The molecule has 1 unspecified atom stereocenters. The summed E-state index contributed by atoms with van der Waals surface area (Å²) in [6.45, 7) is 3.41. The number of halogens is 1. The predicted molar refractivity (Wildman–Crippen MR) is 84.8 cm³/mol. The molecule has 0 aliphatic heterocycles. The molecule has 0 aliphatic carbocycles. The van der Waals surface area contributed by atoms with Crippen LogP contribution in [0.5, 0.6) is 0 Å². The van der Waals surface area contributed by atoms with Crippen LogP contribution in [0.25, 0.3) is 0 Å². The Kier molecular flexibility index (Phi) is 5.96. The molecule has 1 N–H and O–H groups in total. The predicted octanol–water partition coefficient (Wildman–Crippen LogP) is 2.30. The van der Waals surface area contributed by atoms with Crippen molar-refractivity contribution in [3.05, 3.63) is 27.8 Å². The Morgan fingerprint density at radius 1 is 1.35 bits per heavy atom. The number of sulfonamides is 1. The van der Waals surface area contributed by atoms with Crippen molar-refractivity contribution in [2.24, 2.45) is 0 Å². The second-order valence-electron chi connectivity index (χ2n) is 4.63. The summed E-state index contributed by atoms with van der Waals surface area (Å²) in [6, 6.07) is 6.41. The summed E-state index contributed by atoms with van der Waals surface area (Å²) in [7, 11) is -2.52. The van der Waals surface area contributed by atoms with Crippen LogP contribution < -0.4 is 4.72 Å². The van der Waals surface area contributed by atoms with E-state index in [4.69, 9.17) is 4.74 Å². The quantitative estimate of drug-likeness (QED) is 0.576. The van der Waals surface area contributed by atoms with E-state index in [0.717, 1.165) is 3.57 Å². The van der Waals surface area contributed by atoms with Crippen LogP contribution in [0.1, 0.15) is 26.7 Å². The molecule has 0 amide bonds. The first-order valence-electron chi connectivity index (χ1n) is 6.13. The van der Waals surface area contributed by atoms with E-state index in [0.29, 0.717) is 12.8 Å². The highest BCUT2D eigenvalue weighted by Gasteiger charge is 2.38. The fraction of sp³-hybridized carbons (Fsp3) is 0.462. The van der Waals surface area contributed by atoms with Crippen LogP contribution >= 0.6 is 22.6 Å². The van der Waals surface area contributed by atoms with Crippen LogP contribution in [-0.4, -0.2) is 27.0 Å². The lowest BCUT2D eigenvalue weighted by Gasteiger charge is -2.27. The number of hydrogen-bond acceptors (Lipinski definition) is 4. The Morgan fingerprint density at radius 2 is 1.90 bits per heavy atom. The third-order valence-corrected chi connectivity index (χ3v) is 5.20. The molecule has 0 saturated heterocycles. The molecule has 0 aliphatic rings. The number of rotatable bonds is 6. The summed E-state index contributed by atoms with van der Waals surface area (Å²) in [5.74, 6) is -0.589. The van der Waals surface area contributed by atoms with Crippen LogP contribution in [0, 0.1) is 3.57 Å². The minimum Gasteiger partial charge on any atom is -0.468 e. The van der Waals surface area contributed by atoms with Crippen molar-refractivity contribution in [3.63, 3.8) is 0 Å². The van der Waals surface area contributed by atoms with Crippen molar-refractivity contribution >= 4 is 38.6 Å². The van der Waals surface area contributed by atoms with E-state index in [1.54, 1.807) is 12.1 Å². The largest absolute Gasteiger partial charge is 0.468 e. The van der Waals surface area contributed by atoms with Gasteiger partial charge in [-0.15, -0.1) is 0 Å². The molecule has 0 aromatic heterocycles. The molecule has 0 radical (unpaired) electrons. The summed E-state index contributed by atoms with van der Waals surface area (Å²) < 4.78 is 32.8. The van der Waals surface area contributed by atoms with Gasteiger partial charge in [-0.1, -0.05) is 13.3 Å². The van der Waals surface area contributed by atoms with Crippen LogP contribution in [0.4, 0.5) is 0 Å². The number of ether oxygens (including phenoxy) is 1. The number of carbonyl (C=O) groups is 1. The molecule has 112 valence electrons. The molecule has 7 heteroatoms. The first-order valence-corrected chi connectivity index (χ1v) is 8.69. The summed E-state index contributed by atoms with van der Waals surface area (Å²) in [4.78, 5) is 12.0. The van der Waals surface area contributed by atoms with Gasteiger partial charge in [0.1, 0.15) is 5.54 Å². The van der Waals surface area contributed by atoms with Gasteiger partial charge in [-0.05, 0) is 60.2 Å². The minimum absolute atomic E-state index is 0.129. The zero-order valence-corrected chi connectivity index (χ0v) is 14.6. The van der Waals surface area contributed by atoms with E-state index >= 15 is 0 Å². The van der Waals surface area contributed by atoms with Gasteiger partial charge in [0, 0.05) is 3.57 Å². The standard InChI is InChI=1S/C13H18INO4S/c1-4-9-13(2,12(16)19-3)15-20(17,18)11-7-5-10(14)6-8-11/h5-8,15H,4,9H2,1-3H3. The molecule has 0 bridgehead atoms.